The van der Waals surface area contributed by atoms with Gasteiger partial charge in [-0.3, -0.25) is 20.2 Å². The van der Waals surface area contributed by atoms with Crippen molar-refractivity contribution in [2.75, 3.05) is 11.9 Å². The van der Waals surface area contributed by atoms with Crippen LogP contribution in [0.3, 0.4) is 0 Å². The molecule has 0 aliphatic heterocycles. The fourth-order valence-electron chi connectivity index (χ4n) is 3.11. The molecule has 166 valence electrons. The Bertz CT molecular complexity index is 1320. The van der Waals surface area contributed by atoms with Gasteiger partial charge in [0.15, 0.2) is 10.9 Å². The molecule has 10 heteroatoms. The zero-order chi connectivity index (χ0) is 23.4. The third kappa shape index (κ3) is 5.13. The second-order valence-electron chi connectivity index (χ2n) is 6.84. The summed E-state index contributed by atoms with van der Waals surface area (Å²) in [5, 5.41) is 17.7. The van der Waals surface area contributed by atoms with Crippen LogP contribution >= 0.6 is 23.6 Å². The lowest BCUT2D eigenvalue weighted by Crippen LogP contribution is -2.34. The number of nitrogens with one attached hydrogen (secondary N) is 2. The number of anilines is 1. The monoisotopic (exact) mass is 478 g/mol. The molecule has 0 aliphatic carbocycles. The number of carbonyl (C=O) groups excluding carboxylic acids is 1. The first kappa shape index (κ1) is 22.3. The molecule has 3 aromatic carbocycles. The molecule has 0 radical (unpaired) electrons. The van der Waals surface area contributed by atoms with Crippen LogP contribution in [0.4, 0.5) is 11.4 Å². The van der Waals surface area contributed by atoms with Crippen molar-refractivity contribution in [3.63, 3.8) is 0 Å². The molecule has 0 spiro atoms. The maximum absolute atomic E-state index is 12.5. The minimum atomic E-state index is -0.592. The first-order valence-electron chi connectivity index (χ1n) is 9.94. The predicted octanol–water partition coefficient (Wildman–Crippen LogP) is 5.40. The topological polar surface area (TPSA) is 106 Å². The highest BCUT2D eigenvalue weighted by Crippen LogP contribution is 2.31. The lowest BCUT2D eigenvalue weighted by molar-refractivity contribution is -0.385. The van der Waals surface area contributed by atoms with Gasteiger partial charge in [0.2, 0.25) is 0 Å². The minimum Gasteiger partial charge on any atom is -0.487 e. The number of fused-ring (bicyclic) bond motifs is 1. The van der Waals surface area contributed by atoms with Gasteiger partial charge in [0.05, 0.1) is 21.7 Å². The summed E-state index contributed by atoms with van der Waals surface area (Å²) >= 11 is 6.83. The molecule has 1 aromatic heterocycles. The van der Waals surface area contributed by atoms with E-state index in [0.717, 1.165) is 26.9 Å². The van der Waals surface area contributed by atoms with Crippen molar-refractivity contribution in [3.8, 4) is 16.3 Å². The molecule has 1 heterocycles. The first-order valence-corrected chi connectivity index (χ1v) is 11.2. The summed E-state index contributed by atoms with van der Waals surface area (Å²) in [6, 6.07) is 19.5. The number of thiocarbonyl (C=S) groups is 1. The molecule has 0 saturated heterocycles. The number of ether oxygens (including phenoxy) is 1. The summed E-state index contributed by atoms with van der Waals surface area (Å²) in [7, 11) is 0. The van der Waals surface area contributed by atoms with Gasteiger partial charge in [-0.2, -0.15) is 0 Å². The SMILES string of the molecule is CCOc1ccc(C(=O)NC(=S)Nc2ccc(-c3nc4ccccc4s3)cc2)cc1[N+](=O)[O-]. The van der Waals surface area contributed by atoms with Gasteiger partial charge in [-0.1, -0.05) is 12.1 Å². The molecule has 0 saturated carbocycles. The quantitative estimate of drug-likeness (QED) is 0.217. The Hall–Kier alpha value is -3.89. The van der Waals surface area contributed by atoms with Gasteiger partial charge in [-0.15, -0.1) is 11.3 Å². The zero-order valence-corrected chi connectivity index (χ0v) is 19.0. The van der Waals surface area contributed by atoms with E-state index >= 15 is 0 Å². The third-order valence-corrected chi connectivity index (χ3v) is 5.92. The van der Waals surface area contributed by atoms with Crippen LogP contribution in [0.2, 0.25) is 0 Å². The van der Waals surface area contributed by atoms with Crippen molar-refractivity contribution < 1.29 is 14.5 Å². The van der Waals surface area contributed by atoms with Gasteiger partial charge < -0.3 is 10.1 Å². The Labute approximate surface area is 198 Å². The van der Waals surface area contributed by atoms with Crippen LogP contribution in [0.5, 0.6) is 5.75 Å². The van der Waals surface area contributed by atoms with Gasteiger partial charge in [0, 0.05) is 22.9 Å². The standard InChI is InChI=1S/C23H18N4O4S2/c1-2-31-19-12-9-15(13-18(19)27(29)30)21(28)26-23(32)24-16-10-7-14(8-11-16)22-25-17-5-3-4-6-20(17)33-22/h3-13H,2H2,1H3,(H2,24,26,28,32). The molecule has 4 rings (SSSR count). The summed E-state index contributed by atoms with van der Waals surface area (Å²) in [6.07, 6.45) is 0. The molecule has 0 aliphatic rings. The number of aromatic nitrogens is 1. The number of nitrogens with zero attached hydrogens (tertiary/aromatic N) is 2. The average Bonchev–Trinajstić information content (AvgIpc) is 3.24. The second-order valence-corrected chi connectivity index (χ2v) is 8.28. The van der Waals surface area contributed by atoms with Gasteiger partial charge in [-0.05, 0) is 67.7 Å². The van der Waals surface area contributed by atoms with E-state index in [1.54, 1.807) is 18.3 Å². The van der Waals surface area contributed by atoms with Crippen LogP contribution in [0.25, 0.3) is 20.8 Å². The fraction of sp³-hybridized carbons (Fsp3) is 0.0870. The summed E-state index contributed by atoms with van der Waals surface area (Å²) in [5.74, 6) is -0.460. The highest BCUT2D eigenvalue weighted by atomic mass is 32.1. The first-order chi connectivity index (χ1) is 15.9. The van der Waals surface area contributed by atoms with E-state index in [2.05, 4.69) is 15.6 Å². The lowest BCUT2D eigenvalue weighted by Gasteiger charge is -2.11. The van der Waals surface area contributed by atoms with Gasteiger partial charge >= 0.3 is 5.69 Å². The van der Waals surface area contributed by atoms with Crippen molar-refractivity contribution >= 4 is 56.2 Å². The lowest BCUT2D eigenvalue weighted by atomic mass is 10.1. The summed E-state index contributed by atoms with van der Waals surface area (Å²) in [5.41, 5.74) is 2.42. The van der Waals surface area contributed by atoms with Crippen LogP contribution in [-0.2, 0) is 0 Å². The van der Waals surface area contributed by atoms with Crippen LogP contribution in [0.15, 0.2) is 66.7 Å². The number of hydrogen-bond acceptors (Lipinski definition) is 7. The number of rotatable bonds is 6. The Balaban J connectivity index is 1.41. The molecular weight excluding hydrogens is 460 g/mol. The molecule has 0 unspecified atom stereocenters. The summed E-state index contributed by atoms with van der Waals surface area (Å²) in [6.45, 7) is 2.00. The Morgan fingerprint density at radius 1 is 1.15 bits per heavy atom. The van der Waals surface area contributed by atoms with Gasteiger partial charge in [0.25, 0.3) is 5.91 Å². The zero-order valence-electron chi connectivity index (χ0n) is 17.4. The molecule has 0 fully saturated rings. The Kier molecular flexibility index (Phi) is 6.57. The normalized spacial score (nSPS) is 10.6. The Morgan fingerprint density at radius 2 is 1.91 bits per heavy atom. The van der Waals surface area contributed by atoms with E-state index in [9.17, 15) is 14.9 Å². The number of nitro benzene ring substituents is 1. The van der Waals surface area contributed by atoms with Crippen molar-refractivity contribution in [2.45, 2.75) is 6.92 Å². The van der Waals surface area contributed by atoms with Crippen molar-refractivity contribution in [1.29, 1.82) is 0 Å². The Morgan fingerprint density at radius 3 is 2.61 bits per heavy atom. The number of para-hydroxylation sites is 1. The smallest absolute Gasteiger partial charge is 0.311 e. The number of carbonyl (C=O) groups is 1. The number of nitro groups is 1. The third-order valence-electron chi connectivity index (χ3n) is 4.63. The van der Waals surface area contributed by atoms with Crippen LogP contribution in [0, 0.1) is 10.1 Å². The van der Waals surface area contributed by atoms with Gasteiger partial charge in [0.1, 0.15) is 5.01 Å². The number of thiazole rings is 1. The highest BCUT2D eigenvalue weighted by Gasteiger charge is 2.19. The van der Waals surface area contributed by atoms with E-state index in [1.807, 2.05) is 48.5 Å². The summed E-state index contributed by atoms with van der Waals surface area (Å²) < 4.78 is 6.36. The largest absolute Gasteiger partial charge is 0.487 e. The molecule has 33 heavy (non-hydrogen) atoms. The van der Waals surface area contributed by atoms with E-state index in [0.29, 0.717) is 5.69 Å². The van der Waals surface area contributed by atoms with Crippen LogP contribution in [0.1, 0.15) is 17.3 Å². The van der Waals surface area contributed by atoms with Gasteiger partial charge in [-0.25, -0.2) is 4.98 Å². The number of hydrogen-bond donors (Lipinski definition) is 2. The van der Waals surface area contributed by atoms with Crippen molar-refractivity contribution in [1.82, 2.24) is 10.3 Å². The molecule has 1 amide bonds. The predicted molar refractivity (Wildman–Crippen MR) is 133 cm³/mol. The molecule has 0 bridgehead atoms. The highest BCUT2D eigenvalue weighted by molar-refractivity contribution is 7.80. The van der Waals surface area contributed by atoms with Crippen LogP contribution < -0.4 is 15.4 Å². The van der Waals surface area contributed by atoms with E-state index in [4.69, 9.17) is 17.0 Å². The molecule has 8 nitrogen and oxygen atoms in total. The molecule has 0 atom stereocenters. The van der Waals surface area contributed by atoms with Crippen LogP contribution in [-0.4, -0.2) is 27.5 Å². The summed E-state index contributed by atoms with van der Waals surface area (Å²) in [4.78, 5) is 27.8. The molecule has 4 aromatic rings. The fourth-order valence-corrected chi connectivity index (χ4v) is 4.29. The van der Waals surface area contributed by atoms with Crippen molar-refractivity contribution in [2.24, 2.45) is 0 Å². The average molecular weight is 479 g/mol. The van der Waals surface area contributed by atoms with Crippen molar-refractivity contribution in [3.05, 3.63) is 82.4 Å². The maximum atomic E-state index is 12.5. The molecular formula is C23H18N4O4S2. The van der Waals surface area contributed by atoms with E-state index < -0.39 is 10.8 Å². The maximum Gasteiger partial charge on any atom is 0.311 e. The van der Waals surface area contributed by atoms with E-state index in [1.165, 1.54) is 12.1 Å². The minimum absolute atomic E-state index is 0.0734. The number of benzene rings is 3. The molecule has 2 N–H and O–H groups in total. The second kappa shape index (κ2) is 9.72. The van der Waals surface area contributed by atoms with E-state index in [-0.39, 0.29) is 28.7 Å². The number of amides is 1.